The Bertz CT molecular complexity index is 595. The highest BCUT2D eigenvalue weighted by molar-refractivity contribution is 7.11. The molecule has 1 fully saturated rings. The van der Waals surface area contributed by atoms with Crippen LogP contribution in [0.4, 0.5) is 10.8 Å². The molecule has 0 aliphatic carbocycles. The minimum absolute atomic E-state index is 0.289. The first-order valence-corrected chi connectivity index (χ1v) is 8.38. The number of anilines is 2. The molecular formula is C13H18N4OS2. The van der Waals surface area contributed by atoms with Crippen molar-refractivity contribution in [2.75, 3.05) is 30.3 Å². The molecule has 3 heterocycles. The molecule has 0 spiro atoms. The summed E-state index contributed by atoms with van der Waals surface area (Å²) in [6.07, 6.45) is 1.31. The lowest BCUT2D eigenvalue weighted by molar-refractivity contribution is 0.0387. The van der Waals surface area contributed by atoms with Crippen LogP contribution in [0.15, 0.2) is 5.38 Å². The minimum atomic E-state index is 0.289. The highest BCUT2D eigenvalue weighted by Crippen LogP contribution is 2.40. The number of nitrogens with zero attached hydrogens (tertiary/aromatic N) is 3. The van der Waals surface area contributed by atoms with Gasteiger partial charge >= 0.3 is 0 Å². The first-order valence-electron chi connectivity index (χ1n) is 6.73. The predicted octanol–water partition coefficient (Wildman–Crippen LogP) is 2.77. The second-order valence-corrected chi connectivity index (χ2v) is 6.66. The Morgan fingerprint density at radius 2 is 2.40 bits per heavy atom. The standard InChI is InChI=1S/C13H18N4OS2/c1-3-9-6-17(4-5-18-9)13-11(12(14)16-20-13)10-7-19-8(2)15-10/h7,9H,3-6H2,1-2H3,(H2,14,16). The smallest absolute Gasteiger partial charge is 0.148 e. The van der Waals surface area contributed by atoms with Crippen LogP contribution in [0.25, 0.3) is 11.3 Å². The zero-order chi connectivity index (χ0) is 14.1. The number of rotatable bonds is 3. The molecule has 2 aromatic rings. The second kappa shape index (κ2) is 5.67. The molecule has 0 bridgehead atoms. The van der Waals surface area contributed by atoms with Crippen molar-refractivity contribution in [2.24, 2.45) is 0 Å². The topological polar surface area (TPSA) is 64.3 Å². The molecule has 1 atom stereocenters. The molecule has 108 valence electrons. The van der Waals surface area contributed by atoms with E-state index in [1.807, 2.05) is 6.92 Å². The van der Waals surface area contributed by atoms with Crippen LogP contribution in [0.1, 0.15) is 18.4 Å². The van der Waals surface area contributed by atoms with Crippen LogP contribution in [0.2, 0.25) is 0 Å². The Hall–Kier alpha value is -1.18. The quantitative estimate of drug-likeness (QED) is 0.944. The maximum absolute atomic E-state index is 6.06. The van der Waals surface area contributed by atoms with Gasteiger partial charge in [-0.3, -0.25) is 0 Å². The number of hydrogen-bond donors (Lipinski definition) is 1. The van der Waals surface area contributed by atoms with Crippen molar-refractivity contribution in [3.63, 3.8) is 0 Å². The lowest BCUT2D eigenvalue weighted by atomic mass is 10.2. The molecule has 2 aromatic heterocycles. The minimum Gasteiger partial charge on any atom is -0.382 e. The molecule has 1 aliphatic rings. The highest BCUT2D eigenvalue weighted by Gasteiger charge is 2.25. The van der Waals surface area contributed by atoms with Gasteiger partial charge in [-0.15, -0.1) is 11.3 Å². The number of aryl methyl sites for hydroxylation is 1. The average molecular weight is 310 g/mol. The van der Waals surface area contributed by atoms with Crippen molar-refractivity contribution in [3.05, 3.63) is 10.4 Å². The summed E-state index contributed by atoms with van der Waals surface area (Å²) in [6.45, 7) is 6.69. The van der Waals surface area contributed by atoms with Crippen LogP contribution in [0, 0.1) is 6.92 Å². The summed E-state index contributed by atoms with van der Waals surface area (Å²) in [5.74, 6) is 0.579. The summed E-state index contributed by atoms with van der Waals surface area (Å²) in [6, 6.07) is 0. The highest BCUT2D eigenvalue weighted by atomic mass is 32.1. The van der Waals surface area contributed by atoms with Gasteiger partial charge < -0.3 is 15.4 Å². The molecule has 0 saturated carbocycles. The second-order valence-electron chi connectivity index (χ2n) is 4.85. The lowest BCUT2D eigenvalue weighted by Gasteiger charge is -2.33. The molecule has 20 heavy (non-hydrogen) atoms. The number of nitrogens with two attached hydrogens (primary N) is 1. The van der Waals surface area contributed by atoms with Crippen molar-refractivity contribution < 1.29 is 4.74 Å². The normalized spacial score (nSPS) is 19.5. The summed E-state index contributed by atoms with van der Waals surface area (Å²) in [7, 11) is 0. The van der Waals surface area contributed by atoms with Gasteiger partial charge in [-0.1, -0.05) is 6.92 Å². The zero-order valence-corrected chi connectivity index (χ0v) is 13.3. The van der Waals surface area contributed by atoms with Crippen molar-refractivity contribution >= 4 is 33.7 Å². The number of nitrogen functional groups attached to an aromatic ring is 1. The third-order valence-corrected chi connectivity index (χ3v) is 5.15. The summed E-state index contributed by atoms with van der Waals surface area (Å²) in [5.41, 5.74) is 7.98. The number of hydrogen-bond acceptors (Lipinski definition) is 7. The van der Waals surface area contributed by atoms with E-state index in [0.717, 1.165) is 47.4 Å². The SMILES string of the molecule is CCC1CN(c2snc(N)c2-c2csc(C)n2)CCO1. The van der Waals surface area contributed by atoms with E-state index in [0.29, 0.717) is 5.82 Å². The van der Waals surface area contributed by atoms with Gasteiger partial charge in [0.25, 0.3) is 0 Å². The van der Waals surface area contributed by atoms with Crippen molar-refractivity contribution in [1.29, 1.82) is 0 Å². The first kappa shape index (κ1) is 13.8. The summed E-state index contributed by atoms with van der Waals surface area (Å²) in [5, 5.41) is 4.22. The van der Waals surface area contributed by atoms with E-state index in [9.17, 15) is 0 Å². The lowest BCUT2D eigenvalue weighted by Crippen LogP contribution is -2.42. The van der Waals surface area contributed by atoms with E-state index in [1.165, 1.54) is 11.5 Å². The molecule has 0 aromatic carbocycles. The molecular weight excluding hydrogens is 292 g/mol. The summed E-state index contributed by atoms with van der Waals surface area (Å²) >= 11 is 3.10. The van der Waals surface area contributed by atoms with Crippen LogP contribution < -0.4 is 10.6 Å². The number of aromatic nitrogens is 2. The fraction of sp³-hybridized carbons (Fsp3) is 0.538. The monoisotopic (exact) mass is 310 g/mol. The van der Waals surface area contributed by atoms with E-state index in [4.69, 9.17) is 10.5 Å². The Balaban J connectivity index is 1.94. The third kappa shape index (κ3) is 2.53. The van der Waals surface area contributed by atoms with Crippen LogP contribution in [-0.2, 0) is 4.74 Å². The Labute approximate surface area is 126 Å². The molecule has 1 saturated heterocycles. The Morgan fingerprint density at radius 3 is 3.10 bits per heavy atom. The van der Waals surface area contributed by atoms with Gasteiger partial charge in [0.05, 0.1) is 29.0 Å². The van der Waals surface area contributed by atoms with E-state index in [-0.39, 0.29) is 6.10 Å². The molecule has 1 unspecified atom stereocenters. The van der Waals surface area contributed by atoms with Crippen LogP contribution >= 0.6 is 22.9 Å². The average Bonchev–Trinajstić information content (AvgIpc) is 3.04. The summed E-state index contributed by atoms with van der Waals surface area (Å²) < 4.78 is 10.1. The maximum Gasteiger partial charge on any atom is 0.148 e. The molecule has 5 nitrogen and oxygen atoms in total. The van der Waals surface area contributed by atoms with Crippen molar-refractivity contribution in [1.82, 2.24) is 9.36 Å². The van der Waals surface area contributed by atoms with Crippen molar-refractivity contribution in [2.45, 2.75) is 26.4 Å². The number of ether oxygens (including phenoxy) is 1. The fourth-order valence-electron chi connectivity index (χ4n) is 2.38. The van der Waals surface area contributed by atoms with Gasteiger partial charge in [0.1, 0.15) is 10.8 Å². The predicted molar refractivity (Wildman–Crippen MR) is 84.6 cm³/mol. The van der Waals surface area contributed by atoms with Gasteiger partial charge in [0.2, 0.25) is 0 Å². The van der Waals surface area contributed by atoms with E-state index in [2.05, 4.69) is 26.6 Å². The number of morpholine rings is 1. The summed E-state index contributed by atoms with van der Waals surface area (Å²) in [4.78, 5) is 6.89. The third-order valence-electron chi connectivity index (χ3n) is 3.46. The van der Waals surface area contributed by atoms with E-state index < -0.39 is 0 Å². The van der Waals surface area contributed by atoms with Crippen LogP contribution in [0.3, 0.4) is 0 Å². The van der Waals surface area contributed by atoms with Gasteiger partial charge in [-0.05, 0) is 24.9 Å². The first-order chi connectivity index (χ1) is 9.69. The molecule has 0 amide bonds. The van der Waals surface area contributed by atoms with E-state index in [1.54, 1.807) is 11.3 Å². The fourth-order valence-corrected chi connectivity index (χ4v) is 3.84. The molecule has 1 aliphatic heterocycles. The van der Waals surface area contributed by atoms with Gasteiger partial charge in [-0.25, -0.2) is 4.98 Å². The molecule has 7 heteroatoms. The largest absolute Gasteiger partial charge is 0.382 e. The number of thiazole rings is 1. The van der Waals surface area contributed by atoms with E-state index >= 15 is 0 Å². The molecule has 3 rings (SSSR count). The Morgan fingerprint density at radius 1 is 1.55 bits per heavy atom. The van der Waals surface area contributed by atoms with Crippen LogP contribution in [-0.4, -0.2) is 35.2 Å². The van der Waals surface area contributed by atoms with Gasteiger partial charge in [0.15, 0.2) is 0 Å². The van der Waals surface area contributed by atoms with Crippen molar-refractivity contribution in [3.8, 4) is 11.3 Å². The Kier molecular flexibility index (Phi) is 3.91. The molecule has 0 radical (unpaired) electrons. The zero-order valence-electron chi connectivity index (χ0n) is 11.6. The van der Waals surface area contributed by atoms with Gasteiger partial charge in [-0.2, -0.15) is 4.37 Å². The molecule has 2 N–H and O–H groups in total. The van der Waals surface area contributed by atoms with Gasteiger partial charge in [0, 0.05) is 18.5 Å². The van der Waals surface area contributed by atoms with Crippen LogP contribution in [0.5, 0.6) is 0 Å². The maximum atomic E-state index is 6.06.